The Morgan fingerprint density at radius 2 is 0.891 bits per heavy atom. The molecule has 1 heterocycles. The number of azo groups is 2. The van der Waals surface area contributed by atoms with Crippen LogP contribution in [0.3, 0.4) is 0 Å². The van der Waals surface area contributed by atoms with E-state index in [0.29, 0.717) is 45.5 Å². The molecule has 4 N–H and O–H groups in total. The topological polar surface area (TPSA) is 202 Å². The molecule has 0 atom stereocenters. The van der Waals surface area contributed by atoms with E-state index in [0.717, 1.165) is 0 Å². The van der Waals surface area contributed by atoms with Crippen molar-refractivity contribution < 1.29 is 30.0 Å². The minimum Gasteiger partial charge on any atom is -0.507 e. The minimum atomic E-state index is -1.03. The van der Waals surface area contributed by atoms with Gasteiger partial charge in [0.05, 0.1) is 33.9 Å². The molecule has 0 amide bonds. The highest BCUT2D eigenvalue weighted by molar-refractivity contribution is 5.89. The number of pyridine rings is 1. The lowest BCUT2D eigenvalue weighted by atomic mass is 10.2. The van der Waals surface area contributed by atoms with Gasteiger partial charge in [0.15, 0.2) is 11.6 Å². The molecule has 5 aromatic rings. The van der Waals surface area contributed by atoms with Gasteiger partial charge in [-0.05, 0) is 97.1 Å². The molecule has 4 aromatic carbocycles. The third kappa shape index (κ3) is 8.14. The maximum Gasteiger partial charge on any atom is 0.335 e. The number of hydrogen-bond acceptors (Lipinski definition) is 11. The van der Waals surface area contributed by atoms with E-state index in [4.69, 9.17) is 10.2 Å². The molecule has 0 radical (unpaired) electrons. The van der Waals surface area contributed by atoms with Gasteiger partial charge < -0.3 is 20.4 Å². The average Bonchev–Trinajstić information content (AvgIpc) is 3.07. The van der Waals surface area contributed by atoms with E-state index in [-0.39, 0.29) is 22.6 Å². The van der Waals surface area contributed by atoms with Crippen molar-refractivity contribution in [1.82, 2.24) is 4.98 Å². The first-order chi connectivity index (χ1) is 22.2. The van der Waals surface area contributed by atoms with Gasteiger partial charge in [0.25, 0.3) is 0 Å². The van der Waals surface area contributed by atoms with Crippen LogP contribution >= 0.6 is 0 Å². The summed E-state index contributed by atoms with van der Waals surface area (Å²) in [7, 11) is 0. The first kappa shape index (κ1) is 30.6. The molecule has 0 bridgehead atoms. The van der Waals surface area contributed by atoms with Gasteiger partial charge in [0, 0.05) is 23.6 Å². The number of aromatic nitrogens is 1. The fourth-order valence-corrected chi connectivity index (χ4v) is 3.81. The standard InChI is InChI=1S/C33H23N7O6/c41-28-14-12-26(39-37-24-8-4-20(5-9-24)32(43)44)16-22(28)18-34-30-2-1-3-31(36-30)35-19-23-17-27(13-15-29(23)42)40-38-25-10-6-21(7-11-25)33(45)46/h1-19,41-42H,(H,43,44)(H,45,46)/b34-18+,35-19?,39-37?,40-38?. The van der Waals surface area contributed by atoms with Crippen molar-refractivity contribution in [2.45, 2.75) is 0 Å². The number of benzene rings is 4. The van der Waals surface area contributed by atoms with Gasteiger partial charge in [0.2, 0.25) is 0 Å². The van der Waals surface area contributed by atoms with E-state index < -0.39 is 11.9 Å². The lowest BCUT2D eigenvalue weighted by Crippen LogP contribution is -1.93. The van der Waals surface area contributed by atoms with Crippen molar-refractivity contribution in [2.75, 3.05) is 0 Å². The van der Waals surface area contributed by atoms with Crippen LogP contribution in [0.2, 0.25) is 0 Å². The van der Waals surface area contributed by atoms with Crippen LogP contribution in [0.15, 0.2) is 134 Å². The third-order valence-electron chi connectivity index (χ3n) is 6.20. The van der Waals surface area contributed by atoms with Gasteiger partial charge >= 0.3 is 11.9 Å². The summed E-state index contributed by atoms with van der Waals surface area (Å²) in [5, 5.41) is 55.1. The first-order valence-corrected chi connectivity index (χ1v) is 13.4. The van der Waals surface area contributed by atoms with Crippen molar-refractivity contribution in [2.24, 2.45) is 30.4 Å². The van der Waals surface area contributed by atoms with Crippen LogP contribution in [0.5, 0.6) is 11.5 Å². The fraction of sp³-hybridized carbons (Fsp3) is 0. The van der Waals surface area contributed by atoms with Gasteiger partial charge in [-0.3, -0.25) is 0 Å². The molecule has 1 aromatic heterocycles. The number of carbonyl (C=O) groups is 2. The maximum atomic E-state index is 11.0. The summed E-state index contributed by atoms with van der Waals surface area (Å²) in [5.74, 6) is -1.53. The Labute approximate surface area is 261 Å². The molecule has 0 saturated carbocycles. The normalized spacial score (nSPS) is 11.7. The number of rotatable bonds is 10. The SMILES string of the molecule is O=C(O)c1ccc(N=Nc2ccc(O)c(C=Nc3cccc(/N=C/c4cc(N=Nc5ccc(C(=O)O)cc5)ccc4O)n3)c2)cc1. The average molecular weight is 614 g/mol. The second-order valence-corrected chi connectivity index (χ2v) is 9.46. The first-order valence-electron chi connectivity index (χ1n) is 13.4. The van der Waals surface area contributed by atoms with Crippen LogP contribution in [0, 0.1) is 0 Å². The predicted molar refractivity (Wildman–Crippen MR) is 170 cm³/mol. The number of aromatic carboxylic acids is 2. The zero-order valence-corrected chi connectivity index (χ0v) is 23.7. The summed E-state index contributed by atoms with van der Waals surface area (Å²) in [5.41, 5.74) is 2.80. The molecule has 0 fully saturated rings. The number of hydrogen-bond donors (Lipinski definition) is 4. The Hall–Kier alpha value is -6.89. The Morgan fingerprint density at radius 1 is 0.522 bits per heavy atom. The smallest absolute Gasteiger partial charge is 0.335 e. The van der Waals surface area contributed by atoms with Gasteiger partial charge in [-0.1, -0.05) is 6.07 Å². The fourth-order valence-electron chi connectivity index (χ4n) is 3.81. The van der Waals surface area contributed by atoms with E-state index in [1.807, 2.05) is 0 Å². The minimum absolute atomic E-state index is 0.0348. The monoisotopic (exact) mass is 613 g/mol. The van der Waals surface area contributed by atoms with Crippen LogP contribution < -0.4 is 0 Å². The van der Waals surface area contributed by atoms with Crippen molar-refractivity contribution in [3.05, 3.63) is 125 Å². The number of aromatic hydroxyl groups is 2. The highest BCUT2D eigenvalue weighted by atomic mass is 16.4. The van der Waals surface area contributed by atoms with Gasteiger partial charge in [-0.15, -0.1) is 0 Å². The van der Waals surface area contributed by atoms with Crippen LogP contribution in [0.1, 0.15) is 31.8 Å². The molecule has 0 unspecified atom stereocenters. The predicted octanol–water partition coefficient (Wildman–Crippen LogP) is 8.22. The van der Waals surface area contributed by atoms with Crippen LogP contribution in [0.4, 0.5) is 34.4 Å². The summed E-state index contributed by atoms with van der Waals surface area (Å²) in [6.07, 6.45) is 2.84. The molecule has 5 rings (SSSR count). The molecule has 226 valence electrons. The van der Waals surface area contributed by atoms with E-state index in [9.17, 15) is 19.8 Å². The second-order valence-electron chi connectivity index (χ2n) is 9.46. The summed E-state index contributed by atoms with van der Waals surface area (Å²) in [4.78, 5) is 35.1. The lowest BCUT2D eigenvalue weighted by molar-refractivity contribution is 0.0686. The van der Waals surface area contributed by atoms with Gasteiger partial charge in [-0.2, -0.15) is 20.5 Å². The van der Waals surface area contributed by atoms with E-state index >= 15 is 0 Å². The Kier molecular flexibility index (Phi) is 9.34. The summed E-state index contributed by atoms with van der Waals surface area (Å²) in [6, 6.07) is 26.0. The summed E-state index contributed by atoms with van der Waals surface area (Å²) < 4.78 is 0. The Balaban J connectivity index is 1.27. The van der Waals surface area contributed by atoms with E-state index in [2.05, 4.69) is 35.4 Å². The number of nitrogens with zero attached hydrogens (tertiary/aromatic N) is 7. The molecule has 13 heteroatoms. The number of carboxylic acids is 2. The van der Waals surface area contributed by atoms with Gasteiger partial charge in [0.1, 0.15) is 11.5 Å². The second kappa shape index (κ2) is 14.1. The maximum absolute atomic E-state index is 11.0. The third-order valence-corrected chi connectivity index (χ3v) is 6.20. The van der Waals surface area contributed by atoms with Crippen molar-refractivity contribution in [3.63, 3.8) is 0 Å². The zero-order valence-electron chi connectivity index (χ0n) is 23.7. The van der Waals surface area contributed by atoms with Crippen LogP contribution in [-0.2, 0) is 0 Å². The zero-order chi connectivity index (χ0) is 32.5. The van der Waals surface area contributed by atoms with E-state index in [1.165, 1.54) is 73.1 Å². The molecule has 0 spiro atoms. The Bertz CT molecular complexity index is 1880. The largest absolute Gasteiger partial charge is 0.507 e. The molecule has 0 aliphatic heterocycles. The van der Waals surface area contributed by atoms with Crippen LogP contribution in [-0.4, -0.2) is 49.8 Å². The van der Waals surface area contributed by atoms with Crippen molar-refractivity contribution >= 4 is 58.8 Å². The van der Waals surface area contributed by atoms with E-state index in [1.54, 1.807) is 42.5 Å². The van der Waals surface area contributed by atoms with Crippen LogP contribution in [0.25, 0.3) is 0 Å². The van der Waals surface area contributed by atoms with Crippen molar-refractivity contribution in [1.29, 1.82) is 0 Å². The number of phenolic OH excluding ortho intramolecular Hbond substituents is 2. The highest BCUT2D eigenvalue weighted by Crippen LogP contribution is 2.27. The van der Waals surface area contributed by atoms with Gasteiger partial charge in [-0.25, -0.2) is 24.6 Å². The molecule has 13 nitrogen and oxygen atoms in total. The molecule has 0 aliphatic rings. The number of carboxylic acid groups (broad SMARTS) is 2. The van der Waals surface area contributed by atoms with Crippen molar-refractivity contribution in [3.8, 4) is 11.5 Å². The molecular formula is C33H23N7O6. The quantitative estimate of drug-likeness (QED) is 0.0896. The molecule has 0 saturated heterocycles. The number of aliphatic imine (C=N–C) groups is 2. The molecular weight excluding hydrogens is 590 g/mol. The summed E-state index contributed by atoms with van der Waals surface area (Å²) in [6.45, 7) is 0. The Morgan fingerprint density at radius 3 is 1.28 bits per heavy atom. The highest BCUT2D eigenvalue weighted by Gasteiger charge is 2.05. The summed E-state index contributed by atoms with van der Waals surface area (Å²) >= 11 is 0. The lowest BCUT2D eigenvalue weighted by Gasteiger charge is -2.02. The number of phenols is 2. The molecule has 0 aliphatic carbocycles. The molecule has 46 heavy (non-hydrogen) atoms.